The number of carbonyl (C=O) groups excluding carboxylic acids is 1. The van der Waals surface area contributed by atoms with E-state index in [9.17, 15) is 4.79 Å². The van der Waals surface area contributed by atoms with Gasteiger partial charge in [0.1, 0.15) is 6.10 Å². The summed E-state index contributed by atoms with van der Waals surface area (Å²) in [7, 11) is 1.61. The highest BCUT2D eigenvalue weighted by Gasteiger charge is 2.25. The zero-order valence-corrected chi connectivity index (χ0v) is 9.20. The molecule has 1 amide bonds. The summed E-state index contributed by atoms with van der Waals surface area (Å²) in [6, 6.07) is -0.00306. The number of methoxy groups -OCH3 is 1. The van der Waals surface area contributed by atoms with E-state index >= 15 is 0 Å². The lowest BCUT2D eigenvalue weighted by molar-refractivity contribution is -0.131. The number of rotatable bonds is 6. The highest BCUT2D eigenvalue weighted by atomic mass is 16.5. The molecule has 0 aliphatic carbocycles. The third-order valence-electron chi connectivity index (χ3n) is 2.45. The number of amides is 1. The Labute approximate surface area is 90.3 Å². The molecule has 2 unspecified atom stereocenters. The molecule has 88 valence electrons. The third-order valence-corrected chi connectivity index (χ3v) is 2.45. The van der Waals surface area contributed by atoms with Crippen LogP contribution in [0.2, 0.25) is 0 Å². The standard InChI is InChI=1S/C10H20N2O3/c1-14-7-8(4-5-11)12-10(13)9-3-2-6-15-9/h8-9H,2-7,11H2,1H3,(H,12,13). The molecule has 1 aliphatic heterocycles. The molecule has 1 saturated heterocycles. The van der Waals surface area contributed by atoms with E-state index in [-0.39, 0.29) is 18.1 Å². The molecule has 0 spiro atoms. The summed E-state index contributed by atoms with van der Waals surface area (Å²) in [5.74, 6) is -0.0389. The van der Waals surface area contributed by atoms with Gasteiger partial charge in [-0.25, -0.2) is 0 Å². The fourth-order valence-corrected chi connectivity index (χ4v) is 1.68. The van der Waals surface area contributed by atoms with Crippen LogP contribution in [0.5, 0.6) is 0 Å². The van der Waals surface area contributed by atoms with Crippen molar-refractivity contribution in [1.29, 1.82) is 0 Å². The van der Waals surface area contributed by atoms with Gasteiger partial charge in [-0.15, -0.1) is 0 Å². The Morgan fingerprint density at radius 2 is 2.53 bits per heavy atom. The topological polar surface area (TPSA) is 73.6 Å². The number of hydrogen-bond donors (Lipinski definition) is 2. The molecule has 1 fully saturated rings. The predicted octanol–water partition coefficient (Wildman–Crippen LogP) is -0.355. The molecule has 0 saturated carbocycles. The molecule has 5 nitrogen and oxygen atoms in total. The fourth-order valence-electron chi connectivity index (χ4n) is 1.68. The maximum atomic E-state index is 11.7. The Balaban J connectivity index is 2.31. The highest BCUT2D eigenvalue weighted by molar-refractivity contribution is 5.81. The lowest BCUT2D eigenvalue weighted by Gasteiger charge is -2.19. The number of nitrogens with two attached hydrogens (primary N) is 1. The van der Waals surface area contributed by atoms with E-state index in [1.54, 1.807) is 7.11 Å². The molecular formula is C10H20N2O3. The van der Waals surface area contributed by atoms with Gasteiger partial charge >= 0.3 is 0 Å². The molecule has 0 aromatic rings. The molecule has 0 aromatic heterocycles. The predicted molar refractivity (Wildman–Crippen MR) is 56.5 cm³/mol. The van der Waals surface area contributed by atoms with E-state index in [1.165, 1.54) is 0 Å². The van der Waals surface area contributed by atoms with Crippen LogP contribution in [-0.2, 0) is 14.3 Å². The quantitative estimate of drug-likeness (QED) is 0.636. The van der Waals surface area contributed by atoms with Crippen LogP contribution in [0.4, 0.5) is 0 Å². The second-order valence-electron chi connectivity index (χ2n) is 3.74. The number of nitrogens with one attached hydrogen (secondary N) is 1. The Morgan fingerprint density at radius 3 is 3.07 bits per heavy atom. The second kappa shape index (κ2) is 6.76. The van der Waals surface area contributed by atoms with E-state index in [4.69, 9.17) is 15.2 Å². The Kier molecular flexibility index (Phi) is 5.60. The summed E-state index contributed by atoms with van der Waals surface area (Å²) in [5.41, 5.74) is 5.45. The third kappa shape index (κ3) is 4.15. The Hall–Kier alpha value is -0.650. The van der Waals surface area contributed by atoms with Crippen molar-refractivity contribution in [2.45, 2.75) is 31.4 Å². The molecule has 3 N–H and O–H groups in total. The van der Waals surface area contributed by atoms with Crippen LogP contribution in [0.1, 0.15) is 19.3 Å². The van der Waals surface area contributed by atoms with Crippen molar-refractivity contribution < 1.29 is 14.3 Å². The molecular weight excluding hydrogens is 196 g/mol. The van der Waals surface area contributed by atoms with Crippen LogP contribution in [0.3, 0.4) is 0 Å². The van der Waals surface area contributed by atoms with Crippen molar-refractivity contribution in [3.63, 3.8) is 0 Å². The Bertz CT molecular complexity index is 187. The van der Waals surface area contributed by atoms with Crippen molar-refractivity contribution >= 4 is 5.91 Å². The van der Waals surface area contributed by atoms with Gasteiger partial charge in [0.05, 0.1) is 12.6 Å². The summed E-state index contributed by atoms with van der Waals surface area (Å²) in [4.78, 5) is 11.7. The second-order valence-corrected chi connectivity index (χ2v) is 3.74. The van der Waals surface area contributed by atoms with Crippen molar-refractivity contribution in [2.24, 2.45) is 5.73 Å². The van der Waals surface area contributed by atoms with E-state index in [0.717, 1.165) is 19.3 Å². The minimum Gasteiger partial charge on any atom is -0.383 e. The molecule has 0 bridgehead atoms. The van der Waals surface area contributed by atoms with Crippen LogP contribution in [-0.4, -0.2) is 44.9 Å². The highest BCUT2D eigenvalue weighted by Crippen LogP contribution is 2.12. The molecule has 2 atom stereocenters. The van der Waals surface area contributed by atoms with Crippen molar-refractivity contribution in [1.82, 2.24) is 5.32 Å². The van der Waals surface area contributed by atoms with Crippen LogP contribution < -0.4 is 11.1 Å². The summed E-state index contributed by atoms with van der Waals surface area (Å²) < 4.78 is 10.3. The fraction of sp³-hybridized carbons (Fsp3) is 0.900. The maximum Gasteiger partial charge on any atom is 0.249 e. The minimum absolute atomic E-state index is 0.00306. The Morgan fingerprint density at radius 1 is 1.73 bits per heavy atom. The zero-order valence-electron chi connectivity index (χ0n) is 9.20. The van der Waals surface area contributed by atoms with E-state index in [1.807, 2.05) is 0 Å². The zero-order chi connectivity index (χ0) is 11.1. The van der Waals surface area contributed by atoms with Crippen LogP contribution in [0, 0.1) is 0 Å². The first kappa shape index (κ1) is 12.4. The van der Waals surface area contributed by atoms with Crippen LogP contribution in [0.25, 0.3) is 0 Å². The van der Waals surface area contributed by atoms with E-state index in [2.05, 4.69) is 5.32 Å². The van der Waals surface area contributed by atoms with Gasteiger partial charge in [-0.2, -0.15) is 0 Å². The van der Waals surface area contributed by atoms with Gasteiger partial charge in [-0.05, 0) is 25.8 Å². The van der Waals surface area contributed by atoms with E-state index < -0.39 is 0 Å². The van der Waals surface area contributed by atoms with Crippen molar-refractivity contribution in [3.05, 3.63) is 0 Å². The summed E-state index contributed by atoms with van der Waals surface area (Å²) in [5, 5.41) is 2.89. The maximum absolute atomic E-state index is 11.7. The van der Waals surface area contributed by atoms with Gasteiger partial charge in [-0.1, -0.05) is 0 Å². The molecule has 15 heavy (non-hydrogen) atoms. The molecule has 5 heteroatoms. The van der Waals surface area contributed by atoms with Gasteiger partial charge in [0.25, 0.3) is 0 Å². The minimum atomic E-state index is -0.276. The molecule has 0 aromatic carbocycles. The molecule has 1 aliphatic rings. The van der Waals surface area contributed by atoms with Crippen molar-refractivity contribution in [2.75, 3.05) is 26.9 Å². The lowest BCUT2D eigenvalue weighted by Crippen LogP contribution is -2.44. The van der Waals surface area contributed by atoms with Crippen LogP contribution in [0.15, 0.2) is 0 Å². The van der Waals surface area contributed by atoms with Gasteiger partial charge in [0.15, 0.2) is 0 Å². The largest absolute Gasteiger partial charge is 0.383 e. The molecule has 0 radical (unpaired) electrons. The number of carbonyl (C=O) groups is 1. The van der Waals surface area contributed by atoms with Crippen LogP contribution >= 0.6 is 0 Å². The monoisotopic (exact) mass is 216 g/mol. The average molecular weight is 216 g/mol. The lowest BCUT2D eigenvalue weighted by atomic mass is 10.2. The van der Waals surface area contributed by atoms with Gasteiger partial charge in [-0.3, -0.25) is 4.79 Å². The molecule has 1 rings (SSSR count). The normalized spacial score (nSPS) is 22.7. The first-order valence-corrected chi connectivity index (χ1v) is 5.39. The SMILES string of the molecule is COCC(CCN)NC(=O)C1CCCO1. The number of hydrogen-bond acceptors (Lipinski definition) is 4. The first-order chi connectivity index (χ1) is 7.27. The number of ether oxygens (including phenoxy) is 2. The first-order valence-electron chi connectivity index (χ1n) is 5.39. The smallest absolute Gasteiger partial charge is 0.249 e. The van der Waals surface area contributed by atoms with E-state index in [0.29, 0.717) is 19.8 Å². The summed E-state index contributed by atoms with van der Waals surface area (Å²) in [6.45, 7) is 1.72. The van der Waals surface area contributed by atoms with Gasteiger partial charge in [0, 0.05) is 13.7 Å². The summed E-state index contributed by atoms with van der Waals surface area (Å²) >= 11 is 0. The van der Waals surface area contributed by atoms with Gasteiger partial charge in [0.2, 0.25) is 5.91 Å². The summed E-state index contributed by atoms with van der Waals surface area (Å²) in [6.07, 6.45) is 2.23. The van der Waals surface area contributed by atoms with Gasteiger partial charge < -0.3 is 20.5 Å². The molecule has 1 heterocycles. The van der Waals surface area contributed by atoms with Crippen molar-refractivity contribution in [3.8, 4) is 0 Å². The average Bonchev–Trinajstić information content (AvgIpc) is 2.71.